The number of aliphatic carboxylic acids is 1. The first-order chi connectivity index (χ1) is 21.6. The number of hydrogen-bond donors (Lipinski definition) is 9. The molecule has 46 heavy (non-hydrogen) atoms. The van der Waals surface area contributed by atoms with Crippen LogP contribution in [0.4, 0.5) is 0 Å². The molecule has 5 rings (SSSR count). The molecule has 3 aromatic carbocycles. The molecule has 0 radical (unpaired) electrons. The van der Waals surface area contributed by atoms with Crippen LogP contribution >= 0.6 is 0 Å². The number of carboxylic acids is 1. The summed E-state index contributed by atoms with van der Waals surface area (Å²) in [5, 5.41) is 91.2. The zero-order valence-electron chi connectivity index (χ0n) is 24.0. The Morgan fingerprint density at radius 1 is 0.957 bits per heavy atom. The number of ether oxygens (including phenoxy) is 3. The van der Waals surface area contributed by atoms with Crippen LogP contribution in [0.25, 0.3) is 16.8 Å². The number of phenols is 4. The van der Waals surface area contributed by atoms with Gasteiger partial charge < -0.3 is 60.2 Å². The topological polar surface area (TPSA) is 261 Å². The molecule has 4 unspecified atom stereocenters. The van der Waals surface area contributed by atoms with Gasteiger partial charge in [-0.25, -0.2) is 9.59 Å². The molecule has 1 saturated carbocycles. The van der Waals surface area contributed by atoms with Gasteiger partial charge in [0.15, 0.2) is 29.0 Å². The molecule has 15 nitrogen and oxygen atoms in total. The first kappa shape index (κ1) is 32.3. The molecule has 15 heteroatoms. The van der Waals surface area contributed by atoms with Crippen LogP contribution in [0.5, 0.6) is 34.5 Å². The smallest absolute Gasteiger partial charge is 0.335 e. The zero-order chi connectivity index (χ0) is 33.7. The lowest BCUT2D eigenvalue weighted by molar-refractivity contribution is -0.196. The number of aliphatic hydroxyl groups is 3. The minimum Gasteiger partial charge on any atom is -0.508 e. The summed E-state index contributed by atoms with van der Waals surface area (Å²) < 4.78 is 16.7. The van der Waals surface area contributed by atoms with Gasteiger partial charge in [-0.15, -0.1) is 0 Å². The van der Waals surface area contributed by atoms with Gasteiger partial charge in [-0.1, -0.05) is 0 Å². The van der Waals surface area contributed by atoms with Crippen LogP contribution < -0.4 is 10.2 Å². The fraction of sp³-hybridized carbons (Fsp3) is 0.323. The van der Waals surface area contributed by atoms with E-state index < -0.39 is 89.0 Å². The van der Waals surface area contributed by atoms with E-state index in [-0.39, 0.29) is 40.2 Å². The molecule has 0 saturated heterocycles. The lowest BCUT2D eigenvalue weighted by Gasteiger charge is -2.39. The summed E-state index contributed by atoms with van der Waals surface area (Å²) in [4.78, 5) is 37.4. The summed E-state index contributed by atoms with van der Waals surface area (Å²) in [6, 6.07) is 5.79. The predicted octanol–water partition coefficient (Wildman–Crippen LogP) is 0.675. The van der Waals surface area contributed by atoms with Gasteiger partial charge in [0.05, 0.1) is 11.5 Å². The Morgan fingerprint density at radius 2 is 1.67 bits per heavy atom. The SMILES string of the molecule is CO[C@@H]1Cc2c(O)cc(O)cc2O[C@@H]1c1cc(O)c(=O)c2c(O)c(O)cc(/C=C/C(=O)OC3CC(O)(C(=O)O)CC(O)C3O)c2c1. The summed E-state index contributed by atoms with van der Waals surface area (Å²) in [7, 11) is 1.37. The molecule has 0 aromatic heterocycles. The fourth-order valence-electron chi connectivity index (χ4n) is 5.76. The maximum Gasteiger partial charge on any atom is 0.335 e. The number of rotatable bonds is 6. The maximum atomic E-state index is 13.2. The average molecular weight is 643 g/mol. The van der Waals surface area contributed by atoms with Crippen LogP contribution in [-0.4, -0.2) is 95.0 Å². The van der Waals surface area contributed by atoms with Crippen LogP contribution in [-0.2, 0) is 25.5 Å². The monoisotopic (exact) mass is 642 g/mol. The van der Waals surface area contributed by atoms with E-state index in [0.717, 1.165) is 30.4 Å². The zero-order valence-corrected chi connectivity index (χ0v) is 24.0. The second kappa shape index (κ2) is 12.0. The number of carboxylic acid groups (broad SMARTS) is 1. The van der Waals surface area contributed by atoms with Gasteiger partial charge in [0.25, 0.3) is 0 Å². The molecule has 9 N–H and O–H groups in total. The second-order valence-electron chi connectivity index (χ2n) is 11.2. The maximum absolute atomic E-state index is 13.2. The van der Waals surface area contributed by atoms with Crippen LogP contribution in [0.3, 0.4) is 0 Å². The van der Waals surface area contributed by atoms with E-state index in [0.29, 0.717) is 5.56 Å². The van der Waals surface area contributed by atoms with E-state index >= 15 is 0 Å². The molecule has 0 amide bonds. The van der Waals surface area contributed by atoms with Crippen molar-refractivity contribution in [2.45, 2.75) is 55.4 Å². The molecule has 3 aromatic rings. The Labute approximate surface area is 259 Å². The third-order valence-electron chi connectivity index (χ3n) is 8.15. The molecular formula is C31H30O15. The van der Waals surface area contributed by atoms with Crippen LogP contribution in [0.15, 0.2) is 41.2 Å². The molecule has 1 heterocycles. The van der Waals surface area contributed by atoms with Crippen molar-refractivity contribution >= 4 is 28.8 Å². The van der Waals surface area contributed by atoms with Gasteiger partial charge in [-0.3, -0.25) is 4.79 Å². The lowest BCUT2D eigenvalue weighted by Crippen LogP contribution is -2.57. The third-order valence-corrected chi connectivity index (χ3v) is 8.15. The minimum atomic E-state index is -2.47. The number of benzene rings is 2. The highest BCUT2D eigenvalue weighted by Crippen LogP contribution is 2.44. The number of fused-ring (bicyclic) bond motifs is 2. The number of esters is 1. The van der Waals surface area contributed by atoms with Crippen molar-refractivity contribution < 1.29 is 69.8 Å². The molecule has 0 bridgehead atoms. The second-order valence-corrected chi connectivity index (χ2v) is 11.2. The Morgan fingerprint density at radius 3 is 2.35 bits per heavy atom. The molecule has 1 aliphatic carbocycles. The Bertz CT molecular complexity index is 1820. The van der Waals surface area contributed by atoms with Gasteiger partial charge >= 0.3 is 11.9 Å². The Hall–Kier alpha value is -5.09. The standard InChI is InChI=1S/C31H30O15/c1-44-22-9-16-17(33)7-14(32)8-21(16)46-29(22)13-4-15-12(5-18(34)27(39)25(15)28(40)19(35)6-13)2-3-24(37)45-23-11-31(43,30(41)42)10-20(36)26(23)38/h2-8,20,22-23,26,29,32-34,36,38-39,43H,9-11H2,1H3,(H,35,40)(H,41,42)/b3-2+/t20?,22-,23?,26?,29-,31?/m1/s1. The highest BCUT2D eigenvalue weighted by Gasteiger charge is 2.50. The third kappa shape index (κ3) is 5.83. The van der Waals surface area contributed by atoms with Gasteiger partial charge in [-0.05, 0) is 40.8 Å². The van der Waals surface area contributed by atoms with Crippen molar-refractivity contribution in [1.82, 2.24) is 0 Å². The van der Waals surface area contributed by atoms with E-state index in [1.807, 2.05) is 0 Å². The van der Waals surface area contributed by atoms with Crippen molar-refractivity contribution in [2.75, 3.05) is 7.11 Å². The first-order valence-electron chi connectivity index (χ1n) is 13.8. The van der Waals surface area contributed by atoms with E-state index in [2.05, 4.69) is 0 Å². The molecular weight excluding hydrogens is 612 g/mol. The Kier molecular flexibility index (Phi) is 8.44. The number of phenolic OH excluding ortho intramolecular Hbond substituents is 4. The normalized spacial score (nSPS) is 26.0. The summed E-state index contributed by atoms with van der Waals surface area (Å²) in [5.74, 6) is -5.79. The van der Waals surface area contributed by atoms with Crippen molar-refractivity contribution in [3.8, 4) is 34.5 Å². The summed E-state index contributed by atoms with van der Waals surface area (Å²) in [5.41, 5.74) is -3.16. The van der Waals surface area contributed by atoms with Gasteiger partial charge in [0, 0.05) is 50.1 Å². The lowest BCUT2D eigenvalue weighted by atomic mass is 9.79. The number of methoxy groups -OCH3 is 1. The average Bonchev–Trinajstić information content (AvgIpc) is 3.12. The number of aliphatic hydroxyl groups excluding tert-OH is 2. The van der Waals surface area contributed by atoms with E-state index in [4.69, 9.17) is 14.2 Å². The summed E-state index contributed by atoms with van der Waals surface area (Å²) >= 11 is 0. The first-order valence-corrected chi connectivity index (χ1v) is 13.8. The molecule has 244 valence electrons. The molecule has 1 fully saturated rings. The number of carbonyl (C=O) groups is 2. The highest BCUT2D eigenvalue weighted by molar-refractivity contribution is 5.99. The van der Waals surface area contributed by atoms with Gasteiger partial charge in [0.1, 0.15) is 35.6 Å². The van der Waals surface area contributed by atoms with Gasteiger partial charge in [-0.2, -0.15) is 0 Å². The number of carbonyl (C=O) groups excluding carboxylic acids is 1. The van der Waals surface area contributed by atoms with Crippen LogP contribution in [0, 0.1) is 0 Å². The van der Waals surface area contributed by atoms with Crippen LogP contribution in [0.1, 0.15) is 35.6 Å². The molecule has 0 spiro atoms. The quantitative estimate of drug-likeness (QED) is 0.102. The molecule has 1 aliphatic heterocycles. The van der Waals surface area contributed by atoms with Crippen molar-refractivity contribution in [2.24, 2.45) is 0 Å². The van der Waals surface area contributed by atoms with Crippen molar-refractivity contribution in [1.29, 1.82) is 0 Å². The Balaban J connectivity index is 1.56. The molecule has 6 atom stereocenters. The van der Waals surface area contributed by atoms with E-state index in [1.165, 1.54) is 19.2 Å². The van der Waals surface area contributed by atoms with Crippen LogP contribution in [0.2, 0.25) is 0 Å². The predicted molar refractivity (Wildman–Crippen MR) is 156 cm³/mol. The highest BCUT2D eigenvalue weighted by atomic mass is 16.6. The fourth-order valence-corrected chi connectivity index (χ4v) is 5.76. The van der Waals surface area contributed by atoms with E-state index in [9.17, 15) is 60.3 Å². The van der Waals surface area contributed by atoms with Crippen molar-refractivity contribution in [3.63, 3.8) is 0 Å². The largest absolute Gasteiger partial charge is 0.508 e. The number of hydrogen-bond acceptors (Lipinski definition) is 14. The summed E-state index contributed by atoms with van der Waals surface area (Å²) in [6.07, 6.45) is -6.34. The van der Waals surface area contributed by atoms with Crippen molar-refractivity contribution in [3.05, 3.63) is 63.3 Å². The summed E-state index contributed by atoms with van der Waals surface area (Å²) in [6.45, 7) is 0. The minimum absolute atomic E-state index is 0.0528. The van der Waals surface area contributed by atoms with E-state index in [1.54, 1.807) is 0 Å². The molecule has 2 aliphatic rings. The van der Waals surface area contributed by atoms with Gasteiger partial charge in [0.2, 0.25) is 5.43 Å². The number of aromatic hydroxyl groups is 5.